The molecule has 1 heterocycles. The van der Waals surface area contributed by atoms with E-state index in [-0.39, 0.29) is 0 Å². The average molecular weight is 309 g/mol. The van der Waals surface area contributed by atoms with E-state index in [1.54, 1.807) is 11.3 Å². The van der Waals surface area contributed by atoms with Gasteiger partial charge >= 0.3 is 0 Å². The third-order valence-corrected chi connectivity index (χ3v) is 4.29. The van der Waals surface area contributed by atoms with Crippen LogP contribution in [-0.4, -0.2) is 38.8 Å². The van der Waals surface area contributed by atoms with Gasteiger partial charge in [-0.15, -0.1) is 11.3 Å². The Balaban J connectivity index is 1.56. The first-order chi connectivity index (χ1) is 10.4. The fourth-order valence-electron chi connectivity index (χ4n) is 1.99. The zero-order valence-electron chi connectivity index (χ0n) is 12.9. The molecule has 4 nitrogen and oxygen atoms in total. The number of hydrogen-bond acceptors (Lipinski definition) is 3. The Labute approximate surface area is 132 Å². The van der Waals surface area contributed by atoms with Crippen molar-refractivity contribution in [1.82, 2.24) is 10.6 Å². The minimum absolute atomic E-state index is 0.818. The molecule has 2 N–H and O–H groups in total. The molecule has 1 aliphatic rings. The highest BCUT2D eigenvalue weighted by molar-refractivity contribution is 7.09. The lowest BCUT2D eigenvalue weighted by Gasteiger charge is -2.10. The van der Waals surface area contributed by atoms with Crippen LogP contribution in [0.2, 0.25) is 0 Å². The van der Waals surface area contributed by atoms with E-state index in [2.05, 4.69) is 40.1 Å². The molecular formula is C16H27N3OS. The van der Waals surface area contributed by atoms with Gasteiger partial charge in [0.25, 0.3) is 0 Å². The van der Waals surface area contributed by atoms with Gasteiger partial charge in [0, 0.05) is 37.7 Å². The number of aliphatic imine (C=N–C) groups is 1. The van der Waals surface area contributed by atoms with E-state index < -0.39 is 0 Å². The molecule has 0 spiro atoms. The maximum atomic E-state index is 5.62. The predicted octanol–water partition coefficient (Wildman–Crippen LogP) is 2.66. The van der Waals surface area contributed by atoms with Gasteiger partial charge in [-0.3, -0.25) is 4.99 Å². The fourth-order valence-corrected chi connectivity index (χ4v) is 2.70. The van der Waals surface area contributed by atoms with Gasteiger partial charge in [-0.2, -0.15) is 0 Å². The lowest BCUT2D eigenvalue weighted by Crippen LogP contribution is -2.38. The second kappa shape index (κ2) is 9.79. The molecule has 0 radical (unpaired) electrons. The second-order valence-electron chi connectivity index (χ2n) is 5.39. The third-order valence-electron chi connectivity index (χ3n) is 3.36. The second-order valence-corrected chi connectivity index (χ2v) is 6.42. The topological polar surface area (TPSA) is 45.7 Å². The monoisotopic (exact) mass is 309 g/mol. The number of thiophene rings is 1. The first kappa shape index (κ1) is 16.3. The van der Waals surface area contributed by atoms with Crippen LogP contribution in [0.1, 0.15) is 31.1 Å². The highest BCUT2D eigenvalue weighted by Gasteiger charge is 2.20. The SMILES string of the molecule is CCNC(=NCCCOCC1CC1)NCCc1cccs1. The molecule has 1 aromatic heterocycles. The minimum Gasteiger partial charge on any atom is -0.381 e. The van der Waals surface area contributed by atoms with Gasteiger partial charge in [-0.25, -0.2) is 0 Å². The first-order valence-corrected chi connectivity index (χ1v) is 8.88. The van der Waals surface area contributed by atoms with E-state index in [9.17, 15) is 0 Å². The standard InChI is InChI=1S/C16H27N3OS/c1-2-17-16(19-10-8-15-5-3-12-21-15)18-9-4-11-20-13-14-6-7-14/h3,5,12,14H,2,4,6-11,13H2,1H3,(H2,17,18,19). The van der Waals surface area contributed by atoms with E-state index in [4.69, 9.17) is 4.74 Å². The van der Waals surface area contributed by atoms with Crippen LogP contribution in [0, 0.1) is 5.92 Å². The van der Waals surface area contributed by atoms with E-state index in [1.807, 2.05) is 0 Å². The molecule has 2 rings (SSSR count). The van der Waals surface area contributed by atoms with Crippen molar-refractivity contribution in [3.63, 3.8) is 0 Å². The maximum Gasteiger partial charge on any atom is 0.191 e. The molecule has 1 fully saturated rings. The summed E-state index contributed by atoms with van der Waals surface area (Å²) in [6, 6.07) is 4.27. The average Bonchev–Trinajstić information content (AvgIpc) is 3.17. The smallest absolute Gasteiger partial charge is 0.191 e. The van der Waals surface area contributed by atoms with Crippen LogP contribution in [0.4, 0.5) is 0 Å². The summed E-state index contributed by atoms with van der Waals surface area (Å²) in [4.78, 5) is 5.99. The Kier molecular flexibility index (Phi) is 7.60. The minimum atomic E-state index is 0.818. The summed E-state index contributed by atoms with van der Waals surface area (Å²) in [5.41, 5.74) is 0. The number of rotatable bonds is 10. The van der Waals surface area contributed by atoms with Crippen LogP contribution in [-0.2, 0) is 11.2 Å². The zero-order valence-corrected chi connectivity index (χ0v) is 13.8. The summed E-state index contributed by atoms with van der Waals surface area (Å²) in [5.74, 6) is 1.76. The molecule has 5 heteroatoms. The Morgan fingerprint density at radius 2 is 2.33 bits per heavy atom. The van der Waals surface area contributed by atoms with Gasteiger partial charge in [0.2, 0.25) is 0 Å². The van der Waals surface area contributed by atoms with E-state index in [1.165, 1.54) is 17.7 Å². The van der Waals surface area contributed by atoms with Crippen molar-refractivity contribution in [3.8, 4) is 0 Å². The van der Waals surface area contributed by atoms with Gasteiger partial charge in [-0.05, 0) is 50.0 Å². The lowest BCUT2D eigenvalue weighted by atomic mass is 10.3. The summed E-state index contributed by atoms with van der Waals surface area (Å²) < 4.78 is 5.62. The van der Waals surface area contributed by atoms with E-state index in [0.29, 0.717) is 0 Å². The predicted molar refractivity (Wildman–Crippen MR) is 90.2 cm³/mol. The Morgan fingerprint density at radius 1 is 1.43 bits per heavy atom. The van der Waals surface area contributed by atoms with Crippen molar-refractivity contribution in [1.29, 1.82) is 0 Å². The maximum absolute atomic E-state index is 5.62. The van der Waals surface area contributed by atoms with Crippen LogP contribution >= 0.6 is 11.3 Å². The number of hydrogen-bond donors (Lipinski definition) is 2. The highest BCUT2D eigenvalue weighted by Crippen LogP contribution is 2.28. The Hall–Kier alpha value is -1.07. The Morgan fingerprint density at radius 3 is 3.05 bits per heavy atom. The summed E-state index contributed by atoms with van der Waals surface area (Å²) >= 11 is 1.81. The summed E-state index contributed by atoms with van der Waals surface area (Å²) in [6.07, 6.45) is 4.76. The van der Waals surface area contributed by atoms with Crippen molar-refractivity contribution >= 4 is 17.3 Å². The molecule has 0 unspecified atom stereocenters. The van der Waals surface area contributed by atoms with Crippen LogP contribution in [0.15, 0.2) is 22.5 Å². The van der Waals surface area contributed by atoms with Gasteiger partial charge < -0.3 is 15.4 Å². The van der Waals surface area contributed by atoms with Crippen LogP contribution in [0.3, 0.4) is 0 Å². The number of nitrogens with zero attached hydrogens (tertiary/aromatic N) is 1. The quantitative estimate of drug-likeness (QED) is 0.397. The van der Waals surface area contributed by atoms with Crippen LogP contribution in [0.5, 0.6) is 0 Å². The number of guanidine groups is 1. The molecular weight excluding hydrogens is 282 g/mol. The molecule has 1 saturated carbocycles. The van der Waals surface area contributed by atoms with E-state index in [0.717, 1.165) is 57.6 Å². The molecule has 1 aromatic rings. The normalized spacial score (nSPS) is 15.2. The van der Waals surface area contributed by atoms with Gasteiger partial charge in [0.05, 0.1) is 0 Å². The third kappa shape index (κ3) is 7.48. The van der Waals surface area contributed by atoms with Crippen LogP contribution in [0.25, 0.3) is 0 Å². The van der Waals surface area contributed by atoms with Crippen molar-refractivity contribution in [2.45, 2.75) is 32.6 Å². The molecule has 0 aromatic carbocycles. The van der Waals surface area contributed by atoms with Crippen molar-refractivity contribution < 1.29 is 4.74 Å². The molecule has 0 aliphatic heterocycles. The lowest BCUT2D eigenvalue weighted by molar-refractivity contribution is 0.123. The summed E-state index contributed by atoms with van der Waals surface area (Å²) in [6.45, 7) is 6.50. The van der Waals surface area contributed by atoms with Crippen LogP contribution < -0.4 is 10.6 Å². The number of ether oxygens (including phenoxy) is 1. The molecule has 0 amide bonds. The fraction of sp³-hybridized carbons (Fsp3) is 0.688. The highest BCUT2D eigenvalue weighted by atomic mass is 32.1. The van der Waals surface area contributed by atoms with Crippen molar-refractivity contribution in [2.24, 2.45) is 10.9 Å². The van der Waals surface area contributed by atoms with Gasteiger partial charge in [0.15, 0.2) is 5.96 Å². The molecule has 1 aliphatic carbocycles. The van der Waals surface area contributed by atoms with E-state index >= 15 is 0 Å². The van der Waals surface area contributed by atoms with Gasteiger partial charge in [0.1, 0.15) is 0 Å². The summed E-state index contributed by atoms with van der Waals surface area (Å²) in [5, 5.41) is 8.79. The number of nitrogens with one attached hydrogen (secondary N) is 2. The molecule has 0 saturated heterocycles. The van der Waals surface area contributed by atoms with Gasteiger partial charge in [-0.1, -0.05) is 6.07 Å². The van der Waals surface area contributed by atoms with Crippen molar-refractivity contribution in [3.05, 3.63) is 22.4 Å². The molecule has 21 heavy (non-hydrogen) atoms. The van der Waals surface area contributed by atoms with Crippen molar-refractivity contribution in [2.75, 3.05) is 32.8 Å². The molecule has 0 bridgehead atoms. The molecule has 118 valence electrons. The summed E-state index contributed by atoms with van der Waals surface area (Å²) in [7, 11) is 0. The molecule has 0 atom stereocenters. The largest absolute Gasteiger partial charge is 0.381 e. The Bertz CT molecular complexity index is 402. The first-order valence-electron chi connectivity index (χ1n) is 8.00. The zero-order chi connectivity index (χ0) is 14.8.